The monoisotopic (exact) mass is 140 g/mol. The van der Waals surface area contributed by atoms with Crippen molar-refractivity contribution < 1.29 is 4.39 Å². The minimum atomic E-state index is -0.0788. The minimum absolute atomic E-state index is 0.0788. The molecule has 0 radical (unpaired) electrons. The molecule has 1 heteroatoms. The number of halogens is 1. The molecule has 0 bridgehead atoms. The summed E-state index contributed by atoms with van der Waals surface area (Å²) in [4.78, 5) is 0. The first kappa shape index (κ1) is 7.52. The number of hydrogen-bond donors (Lipinski definition) is 0. The van der Waals surface area contributed by atoms with Crippen LogP contribution in [-0.4, -0.2) is 0 Å². The van der Waals surface area contributed by atoms with Gasteiger partial charge < -0.3 is 0 Å². The zero-order valence-corrected chi connectivity index (χ0v) is 6.74. The average Bonchev–Trinajstić information content (AvgIpc) is 2.11. The van der Waals surface area contributed by atoms with Crippen molar-refractivity contribution in [3.63, 3.8) is 0 Å². The van der Waals surface area contributed by atoms with Gasteiger partial charge in [0, 0.05) is 0 Å². The maximum Gasteiger partial charge on any atom is 0.119 e. The molecule has 0 aromatic carbocycles. The first-order chi connectivity index (χ1) is 4.50. The van der Waals surface area contributed by atoms with Crippen molar-refractivity contribution in [2.24, 2.45) is 5.41 Å². The molecule has 0 saturated heterocycles. The van der Waals surface area contributed by atoms with Crippen LogP contribution in [0.4, 0.5) is 4.39 Å². The van der Waals surface area contributed by atoms with Gasteiger partial charge in [0.05, 0.1) is 0 Å². The molecule has 1 aliphatic carbocycles. The third-order valence-corrected chi connectivity index (χ3v) is 1.79. The van der Waals surface area contributed by atoms with Crippen LogP contribution in [0.3, 0.4) is 0 Å². The van der Waals surface area contributed by atoms with Gasteiger partial charge in [-0.05, 0) is 24.0 Å². The fourth-order valence-corrected chi connectivity index (χ4v) is 1.01. The van der Waals surface area contributed by atoms with Crippen LogP contribution in [0.25, 0.3) is 0 Å². The van der Waals surface area contributed by atoms with Crippen LogP contribution in [0.2, 0.25) is 0 Å². The van der Waals surface area contributed by atoms with E-state index >= 15 is 0 Å². The Morgan fingerprint density at radius 1 is 1.40 bits per heavy atom. The molecule has 0 saturated carbocycles. The predicted octanol–water partition coefficient (Wildman–Crippen LogP) is 3.22. The molecule has 56 valence electrons. The van der Waals surface area contributed by atoms with E-state index in [-0.39, 0.29) is 11.2 Å². The molecule has 0 nitrogen and oxygen atoms in total. The summed E-state index contributed by atoms with van der Waals surface area (Å²) in [5, 5.41) is 0. The van der Waals surface area contributed by atoms with Crippen molar-refractivity contribution in [3.05, 3.63) is 23.6 Å². The van der Waals surface area contributed by atoms with Crippen molar-refractivity contribution in [1.29, 1.82) is 0 Å². The van der Waals surface area contributed by atoms with E-state index in [1.54, 1.807) is 12.2 Å². The van der Waals surface area contributed by atoms with Gasteiger partial charge in [-0.15, -0.1) is 0 Å². The molecule has 0 spiro atoms. The Morgan fingerprint density at radius 2 is 2.00 bits per heavy atom. The summed E-state index contributed by atoms with van der Waals surface area (Å²) >= 11 is 0. The van der Waals surface area contributed by atoms with E-state index in [1.165, 1.54) is 5.57 Å². The number of hydrogen-bond acceptors (Lipinski definition) is 0. The van der Waals surface area contributed by atoms with Gasteiger partial charge in [0.25, 0.3) is 0 Å². The fraction of sp³-hybridized carbons (Fsp3) is 0.556. The lowest BCUT2D eigenvalue weighted by Gasteiger charge is -2.19. The highest BCUT2D eigenvalue weighted by atomic mass is 19.1. The standard InChI is InChI=1S/C9H13F/c1-9(2,3)7-4-5-8(10)6-7/h5-6H,4H2,1-3H3. The quantitative estimate of drug-likeness (QED) is 0.484. The van der Waals surface area contributed by atoms with E-state index in [0.29, 0.717) is 0 Å². The molecule has 10 heavy (non-hydrogen) atoms. The minimum Gasteiger partial charge on any atom is -0.207 e. The van der Waals surface area contributed by atoms with E-state index in [2.05, 4.69) is 20.8 Å². The molecule has 0 aromatic rings. The van der Waals surface area contributed by atoms with Crippen LogP contribution in [0, 0.1) is 5.41 Å². The van der Waals surface area contributed by atoms with Gasteiger partial charge in [-0.2, -0.15) is 0 Å². The Morgan fingerprint density at radius 3 is 2.20 bits per heavy atom. The molecule has 0 aromatic heterocycles. The van der Waals surface area contributed by atoms with Gasteiger partial charge in [0.1, 0.15) is 5.83 Å². The van der Waals surface area contributed by atoms with E-state index in [1.807, 2.05) is 0 Å². The van der Waals surface area contributed by atoms with Gasteiger partial charge in [0.2, 0.25) is 0 Å². The predicted molar refractivity (Wildman–Crippen MR) is 41.3 cm³/mol. The summed E-state index contributed by atoms with van der Waals surface area (Å²) in [7, 11) is 0. The Hall–Kier alpha value is -0.590. The Kier molecular flexibility index (Phi) is 1.67. The van der Waals surface area contributed by atoms with Crippen molar-refractivity contribution in [2.45, 2.75) is 27.2 Å². The molecule has 1 rings (SSSR count). The smallest absolute Gasteiger partial charge is 0.119 e. The summed E-state index contributed by atoms with van der Waals surface area (Å²) in [5.41, 5.74) is 1.31. The van der Waals surface area contributed by atoms with Gasteiger partial charge in [-0.25, -0.2) is 4.39 Å². The zero-order valence-electron chi connectivity index (χ0n) is 6.74. The van der Waals surface area contributed by atoms with Crippen molar-refractivity contribution >= 4 is 0 Å². The molecular formula is C9H13F. The van der Waals surface area contributed by atoms with Gasteiger partial charge in [-0.3, -0.25) is 0 Å². The topological polar surface area (TPSA) is 0 Å². The highest BCUT2D eigenvalue weighted by Gasteiger charge is 2.19. The third kappa shape index (κ3) is 1.47. The van der Waals surface area contributed by atoms with Crippen LogP contribution in [0.5, 0.6) is 0 Å². The molecule has 0 atom stereocenters. The lowest BCUT2D eigenvalue weighted by Crippen LogP contribution is -2.06. The van der Waals surface area contributed by atoms with E-state index in [4.69, 9.17) is 0 Å². The molecule has 0 N–H and O–H groups in total. The second-order valence-electron chi connectivity index (χ2n) is 3.71. The molecule has 1 aliphatic rings. The SMILES string of the molecule is CC(C)(C)C1=CC(F)=CC1. The summed E-state index contributed by atoms with van der Waals surface area (Å²) in [6.45, 7) is 6.31. The molecule has 0 heterocycles. The van der Waals surface area contributed by atoms with Crippen molar-refractivity contribution in [2.75, 3.05) is 0 Å². The Balaban J connectivity index is 2.73. The highest BCUT2D eigenvalue weighted by Crippen LogP contribution is 2.33. The highest BCUT2D eigenvalue weighted by molar-refractivity contribution is 5.31. The average molecular weight is 140 g/mol. The second kappa shape index (κ2) is 2.22. The number of rotatable bonds is 0. The van der Waals surface area contributed by atoms with Crippen molar-refractivity contribution in [3.8, 4) is 0 Å². The second-order valence-corrected chi connectivity index (χ2v) is 3.71. The molecule has 0 fully saturated rings. The maximum atomic E-state index is 12.5. The largest absolute Gasteiger partial charge is 0.207 e. The number of allylic oxidation sites excluding steroid dienone is 4. The molecule has 0 unspecified atom stereocenters. The first-order valence-corrected chi connectivity index (χ1v) is 3.57. The Bertz CT molecular complexity index is 191. The maximum absolute atomic E-state index is 12.5. The van der Waals surface area contributed by atoms with Crippen LogP contribution in [0.15, 0.2) is 23.6 Å². The van der Waals surface area contributed by atoms with Gasteiger partial charge >= 0.3 is 0 Å². The van der Waals surface area contributed by atoms with E-state index < -0.39 is 0 Å². The van der Waals surface area contributed by atoms with Gasteiger partial charge in [-0.1, -0.05) is 26.3 Å². The third-order valence-electron chi connectivity index (χ3n) is 1.79. The normalized spacial score (nSPS) is 18.8. The van der Waals surface area contributed by atoms with E-state index in [9.17, 15) is 4.39 Å². The summed E-state index contributed by atoms with van der Waals surface area (Å²) in [6, 6.07) is 0. The first-order valence-electron chi connectivity index (χ1n) is 3.57. The van der Waals surface area contributed by atoms with Crippen LogP contribution in [-0.2, 0) is 0 Å². The van der Waals surface area contributed by atoms with Crippen LogP contribution >= 0.6 is 0 Å². The van der Waals surface area contributed by atoms with Crippen LogP contribution < -0.4 is 0 Å². The zero-order chi connectivity index (χ0) is 7.78. The molecular weight excluding hydrogens is 127 g/mol. The Labute approximate surface area is 61.4 Å². The lowest BCUT2D eigenvalue weighted by atomic mass is 9.86. The summed E-state index contributed by atoms with van der Waals surface area (Å²) in [6.07, 6.45) is 4.05. The molecule has 0 amide bonds. The molecule has 0 aliphatic heterocycles. The summed E-state index contributed by atoms with van der Waals surface area (Å²) < 4.78 is 12.5. The van der Waals surface area contributed by atoms with E-state index in [0.717, 1.165) is 6.42 Å². The lowest BCUT2D eigenvalue weighted by molar-refractivity contribution is 0.496. The van der Waals surface area contributed by atoms with Crippen molar-refractivity contribution in [1.82, 2.24) is 0 Å². The van der Waals surface area contributed by atoms with Crippen LogP contribution in [0.1, 0.15) is 27.2 Å². The van der Waals surface area contributed by atoms with Gasteiger partial charge in [0.15, 0.2) is 0 Å². The fourth-order valence-electron chi connectivity index (χ4n) is 1.01. The summed E-state index contributed by atoms with van der Waals surface area (Å²) in [5.74, 6) is -0.0788.